The number of hydrogen-bond donors (Lipinski definition) is 2. The first kappa shape index (κ1) is 17.3. The molecule has 0 amide bonds. The summed E-state index contributed by atoms with van der Waals surface area (Å²) in [7, 11) is 0. The Bertz CT molecular complexity index is 623. The topological polar surface area (TPSA) is 54.4 Å². The zero-order valence-electron chi connectivity index (χ0n) is 13.9. The van der Waals surface area contributed by atoms with Gasteiger partial charge in [-0.25, -0.2) is 0 Å². The Morgan fingerprint density at radius 1 is 1.29 bits per heavy atom. The van der Waals surface area contributed by atoms with Crippen molar-refractivity contribution in [3.05, 3.63) is 59.4 Å². The molecule has 128 valence electrons. The van der Waals surface area contributed by atoms with Gasteiger partial charge in [-0.15, -0.1) is 11.8 Å². The van der Waals surface area contributed by atoms with E-state index in [0.717, 1.165) is 35.7 Å². The van der Waals surface area contributed by atoms with E-state index in [1.165, 1.54) is 11.3 Å². The summed E-state index contributed by atoms with van der Waals surface area (Å²) in [6.45, 7) is 2.34. The third kappa shape index (κ3) is 4.97. The van der Waals surface area contributed by atoms with Crippen LogP contribution in [0.2, 0.25) is 0 Å². The number of ether oxygens (including phenoxy) is 1. The normalized spacial score (nSPS) is 18.5. The first-order valence-corrected chi connectivity index (χ1v) is 9.52. The Morgan fingerprint density at radius 2 is 2.12 bits per heavy atom. The van der Waals surface area contributed by atoms with Gasteiger partial charge in [0, 0.05) is 36.0 Å². The molecule has 24 heavy (non-hydrogen) atoms. The molecule has 1 fully saturated rings. The molecule has 1 saturated heterocycles. The van der Waals surface area contributed by atoms with Crippen molar-refractivity contribution in [1.82, 2.24) is 10.3 Å². The number of pyridine rings is 1. The van der Waals surface area contributed by atoms with Crippen LogP contribution in [0.1, 0.15) is 29.8 Å². The van der Waals surface area contributed by atoms with Gasteiger partial charge in [0.2, 0.25) is 0 Å². The second kappa shape index (κ2) is 8.51. The molecule has 0 radical (unpaired) electrons. The van der Waals surface area contributed by atoms with Gasteiger partial charge in [-0.2, -0.15) is 0 Å². The average Bonchev–Trinajstić information content (AvgIpc) is 3.10. The fourth-order valence-corrected chi connectivity index (χ4v) is 3.67. The number of nitrogens with one attached hydrogen (secondary N) is 1. The lowest BCUT2D eigenvalue weighted by Crippen LogP contribution is -2.25. The maximum Gasteiger partial charge on any atom is 0.119 e. The van der Waals surface area contributed by atoms with Gasteiger partial charge in [0.25, 0.3) is 0 Å². The quantitative estimate of drug-likeness (QED) is 0.809. The zero-order valence-corrected chi connectivity index (χ0v) is 14.8. The Morgan fingerprint density at radius 3 is 2.75 bits per heavy atom. The number of hydrogen-bond acceptors (Lipinski definition) is 5. The van der Waals surface area contributed by atoms with Crippen molar-refractivity contribution in [2.45, 2.75) is 31.9 Å². The molecule has 0 bridgehead atoms. The van der Waals surface area contributed by atoms with Crippen LogP contribution in [0.4, 0.5) is 0 Å². The summed E-state index contributed by atoms with van der Waals surface area (Å²) in [5.74, 6) is 3.16. The minimum atomic E-state index is -0.473. The first-order chi connectivity index (χ1) is 11.7. The van der Waals surface area contributed by atoms with E-state index < -0.39 is 6.10 Å². The fourth-order valence-electron chi connectivity index (χ4n) is 2.68. The Labute approximate surface area is 147 Å². The number of nitrogens with zero attached hydrogens (tertiary/aromatic N) is 1. The lowest BCUT2D eigenvalue weighted by molar-refractivity contribution is 0.199. The lowest BCUT2D eigenvalue weighted by atomic mass is 10.1. The second-order valence-electron chi connectivity index (χ2n) is 6.12. The van der Waals surface area contributed by atoms with Crippen molar-refractivity contribution in [3.63, 3.8) is 0 Å². The summed E-state index contributed by atoms with van der Waals surface area (Å²) in [6, 6.07) is 12.8. The van der Waals surface area contributed by atoms with Crippen LogP contribution in [0.3, 0.4) is 0 Å². The molecule has 1 aliphatic heterocycles. The molecule has 1 aromatic carbocycles. The molecule has 2 unspecified atom stereocenters. The molecule has 2 atom stereocenters. The lowest BCUT2D eigenvalue weighted by Gasteiger charge is -2.11. The maximum absolute atomic E-state index is 9.48. The van der Waals surface area contributed by atoms with Gasteiger partial charge in [-0.3, -0.25) is 4.98 Å². The highest BCUT2D eigenvalue weighted by atomic mass is 32.2. The standard InChI is InChI=1S/C19H24N2O2S/c1-14(22)16-4-5-17(20-11-16)8-9-23-19-6-2-15(3-7-19)10-18-12-24-13-21-18/h2-7,11,14,18,21-22H,8-10,12-13H2,1H3. The summed E-state index contributed by atoms with van der Waals surface area (Å²) >= 11 is 1.96. The van der Waals surface area contributed by atoms with E-state index in [0.29, 0.717) is 12.6 Å². The van der Waals surface area contributed by atoms with Gasteiger partial charge in [-0.1, -0.05) is 18.2 Å². The summed E-state index contributed by atoms with van der Waals surface area (Å²) in [4.78, 5) is 4.35. The number of benzene rings is 1. The SMILES string of the molecule is CC(O)c1ccc(CCOc2ccc(CC3CSCN3)cc2)nc1. The van der Waals surface area contributed by atoms with Gasteiger partial charge in [-0.05, 0) is 42.7 Å². The minimum absolute atomic E-state index is 0.473. The van der Waals surface area contributed by atoms with E-state index in [1.54, 1.807) is 13.1 Å². The summed E-state index contributed by atoms with van der Waals surface area (Å²) < 4.78 is 5.80. The predicted molar refractivity (Wildman–Crippen MR) is 98.5 cm³/mol. The van der Waals surface area contributed by atoms with Crippen molar-refractivity contribution >= 4 is 11.8 Å². The smallest absolute Gasteiger partial charge is 0.119 e. The maximum atomic E-state index is 9.48. The molecule has 1 aliphatic rings. The van der Waals surface area contributed by atoms with E-state index >= 15 is 0 Å². The summed E-state index contributed by atoms with van der Waals surface area (Å²) in [6.07, 6.45) is 3.08. The average molecular weight is 344 g/mol. The molecule has 0 aliphatic carbocycles. The largest absolute Gasteiger partial charge is 0.493 e. The van der Waals surface area contributed by atoms with Gasteiger partial charge in [0.1, 0.15) is 5.75 Å². The van der Waals surface area contributed by atoms with Crippen molar-refractivity contribution in [1.29, 1.82) is 0 Å². The van der Waals surface area contributed by atoms with Crippen LogP contribution in [0.5, 0.6) is 5.75 Å². The van der Waals surface area contributed by atoms with Gasteiger partial charge in [0.15, 0.2) is 0 Å². The van der Waals surface area contributed by atoms with Crippen molar-refractivity contribution in [2.24, 2.45) is 0 Å². The zero-order chi connectivity index (χ0) is 16.8. The minimum Gasteiger partial charge on any atom is -0.493 e. The van der Waals surface area contributed by atoms with Crippen molar-refractivity contribution < 1.29 is 9.84 Å². The Balaban J connectivity index is 1.44. The third-order valence-electron chi connectivity index (χ3n) is 4.16. The first-order valence-electron chi connectivity index (χ1n) is 8.36. The van der Waals surface area contributed by atoms with Crippen LogP contribution >= 0.6 is 11.8 Å². The van der Waals surface area contributed by atoms with Gasteiger partial charge in [0.05, 0.1) is 12.7 Å². The Hall–Kier alpha value is -1.56. The molecular formula is C19H24N2O2S. The highest BCUT2D eigenvalue weighted by Crippen LogP contribution is 2.17. The molecule has 0 saturated carbocycles. The number of aliphatic hydroxyl groups is 1. The van der Waals surface area contributed by atoms with Crippen LogP contribution < -0.4 is 10.1 Å². The number of aromatic nitrogens is 1. The van der Waals surface area contributed by atoms with Crippen LogP contribution in [-0.2, 0) is 12.8 Å². The van der Waals surface area contributed by atoms with E-state index in [-0.39, 0.29) is 0 Å². The molecule has 2 heterocycles. The summed E-state index contributed by atoms with van der Waals surface area (Å²) in [5.41, 5.74) is 3.16. The van der Waals surface area contributed by atoms with Crippen LogP contribution in [0, 0.1) is 0 Å². The molecular weight excluding hydrogens is 320 g/mol. The third-order valence-corrected chi connectivity index (χ3v) is 5.16. The number of rotatable bonds is 7. The molecule has 2 N–H and O–H groups in total. The number of aliphatic hydroxyl groups excluding tert-OH is 1. The van der Waals surface area contributed by atoms with Crippen LogP contribution in [0.15, 0.2) is 42.6 Å². The molecule has 1 aromatic heterocycles. The van der Waals surface area contributed by atoms with E-state index in [4.69, 9.17) is 4.74 Å². The predicted octanol–water partition coefficient (Wildman–Crippen LogP) is 2.96. The number of thioether (sulfide) groups is 1. The second-order valence-corrected chi connectivity index (χ2v) is 7.15. The van der Waals surface area contributed by atoms with Gasteiger partial charge < -0.3 is 15.2 Å². The summed E-state index contributed by atoms with van der Waals surface area (Å²) in [5, 5.41) is 13.0. The van der Waals surface area contributed by atoms with E-state index in [1.807, 2.05) is 36.0 Å². The fraction of sp³-hybridized carbons (Fsp3) is 0.421. The van der Waals surface area contributed by atoms with Gasteiger partial charge >= 0.3 is 0 Å². The highest BCUT2D eigenvalue weighted by molar-refractivity contribution is 7.99. The van der Waals surface area contributed by atoms with E-state index in [2.05, 4.69) is 22.4 Å². The highest BCUT2D eigenvalue weighted by Gasteiger charge is 2.14. The van der Waals surface area contributed by atoms with Crippen LogP contribution in [0.25, 0.3) is 0 Å². The van der Waals surface area contributed by atoms with Crippen molar-refractivity contribution in [3.8, 4) is 5.75 Å². The molecule has 2 aromatic rings. The van der Waals surface area contributed by atoms with Crippen molar-refractivity contribution in [2.75, 3.05) is 18.2 Å². The molecule has 3 rings (SSSR count). The van der Waals surface area contributed by atoms with E-state index in [9.17, 15) is 5.11 Å². The van der Waals surface area contributed by atoms with Crippen LogP contribution in [-0.4, -0.2) is 34.4 Å². The molecule has 4 nitrogen and oxygen atoms in total. The molecule has 5 heteroatoms. The monoisotopic (exact) mass is 344 g/mol. The molecule has 0 spiro atoms. The Kier molecular flexibility index (Phi) is 6.12.